The molecule has 0 saturated carbocycles. The molecular formula is C25H29NO8S. The highest BCUT2D eigenvalue weighted by Crippen LogP contribution is 2.35. The first-order valence-corrected chi connectivity index (χ1v) is 12.7. The van der Waals surface area contributed by atoms with Crippen LogP contribution < -0.4 is 4.74 Å². The number of amides is 2. The highest BCUT2D eigenvalue weighted by Gasteiger charge is 2.43. The molecule has 0 aliphatic carbocycles. The van der Waals surface area contributed by atoms with Gasteiger partial charge in [0, 0.05) is 6.04 Å². The molecule has 0 saturated heterocycles. The zero-order valence-electron chi connectivity index (χ0n) is 19.8. The Bertz CT molecular complexity index is 1160. The first-order valence-electron chi connectivity index (χ1n) is 11.1. The van der Waals surface area contributed by atoms with Crippen molar-refractivity contribution in [2.75, 3.05) is 12.9 Å². The molecule has 2 amide bonds. The molecule has 3 rings (SSSR count). The summed E-state index contributed by atoms with van der Waals surface area (Å²) in [5, 5.41) is 0. The van der Waals surface area contributed by atoms with E-state index in [0.29, 0.717) is 12.0 Å². The molecule has 0 spiro atoms. The lowest BCUT2D eigenvalue weighted by Crippen LogP contribution is -2.46. The molecule has 1 aliphatic rings. The summed E-state index contributed by atoms with van der Waals surface area (Å²) in [5.74, 6) is -1.03. The van der Waals surface area contributed by atoms with Crippen molar-refractivity contribution >= 4 is 28.2 Å². The minimum atomic E-state index is -4.34. The standard InChI is InChI=1S/C25H29NO8S/c1-25(2,22(15-27)34-16-17-8-10-19(33-3)11-9-17)14-18(12-13-35(30,31)32)26-23(28)20-6-4-5-7-21(20)24(26)29/h4-11,15,18,22H,12-14,16H2,1-3H3,(H,30,31,32). The molecule has 0 bridgehead atoms. The Morgan fingerprint density at radius 1 is 1.03 bits per heavy atom. The average Bonchev–Trinajstić information content (AvgIpc) is 3.07. The van der Waals surface area contributed by atoms with Crippen LogP contribution in [-0.2, 0) is 26.3 Å². The summed E-state index contributed by atoms with van der Waals surface area (Å²) in [6.45, 7) is 3.64. The van der Waals surface area contributed by atoms with Gasteiger partial charge in [-0.15, -0.1) is 0 Å². The minimum absolute atomic E-state index is 0.0833. The summed E-state index contributed by atoms with van der Waals surface area (Å²) in [6, 6.07) is 12.6. The second-order valence-corrected chi connectivity index (χ2v) is 10.7. The molecule has 2 atom stereocenters. The second kappa shape index (κ2) is 10.7. The van der Waals surface area contributed by atoms with Crippen LogP contribution in [0.25, 0.3) is 0 Å². The number of aldehydes is 1. The highest BCUT2D eigenvalue weighted by molar-refractivity contribution is 7.85. The van der Waals surface area contributed by atoms with Crippen molar-refractivity contribution in [1.82, 2.24) is 4.90 Å². The fourth-order valence-electron chi connectivity index (χ4n) is 4.23. The van der Waals surface area contributed by atoms with Crippen LogP contribution in [0.4, 0.5) is 0 Å². The molecule has 1 N–H and O–H groups in total. The molecule has 2 aromatic carbocycles. The fraction of sp³-hybridized carbons (Fsp3) is 0.400. The van der Waals surface area contributed by atoms with E-state index in [9.17, 15) is 27.4 Å². The molecule has 0 radical (unpaired) electrons. The van der Waals surface area contributed by atoms with Crippen molar-refractivity contribution in [2.24, 2.45) is 5.41 Å². The highest BCUT2D eigenvalue weighted by atomic mass is 32.2. The zero-order chi connectivity index (χ0) is 25.8. The topological polar surface area (TPSA) is 127 Å². The van der Waals surface area contributed by atoms with Gasteiger partial charge in [-0.05, 0) is 48.1 Å². The second-order valence-electron chi connectivity index (χ2n) is 9.16. The van der Waals surface area contributed by atoms with Gasteiger partial charge in [-0.1, -0.05) is 38.1 Å². The van der Waals surface area contributed by atoms with Crippen molar-refractivity contribution in [2.45, 2.75) is 45.4 Å². The molecule has 35 heavy (non-hydrogen) atoms. The lowest BCUT2D eigenvalue weighted by atomic mass is 9.79. The molecule has 9 nitrogen and oxygen atoms in total. The predicted octanol–water partition coefficient (Wildman–Crippen LogP) is 3.14. The Morgan fingerprint density at radius 2 is 1.60 bits per heavy atom. The SMILES string of the molecule is COc1ccc(COC(C=O)C(C)(C)CC(CCS(=O)(=O)O)N2C(=O)c3ccccc3C2=O)cc1. The molecule has 2 aromatic rings. The molecule has 10 heteroatoms. The number of benzene rings is 2. The number of imide groups is 1. The monoisotopic (exact) mass is 503 g/mol. The van der Waals surface area contributed by atoms with Crippen LogP contribution in [0.5, 0.6) is 5.75 Å². The maximum atomic E-state index is 13.0. The Kier molecular flexibility index (Phi) is 8.09. The number of carbonyl (C=O) groups excluding carboxylic acids is 3. The van der Waals surface area contributed by atoms with Gasteiger partial charge in [0.15, 0.2) is 0 Å². The van der Waals surface area contributed by atoms with E-state index in [1.54, 1.807) is 57.4 Å². The van der Waals surface area contributed by atoms with E-state index in [0.717, 1.165) is 10.5 Å². The van der Waals surface area contributed by atoms with Crippen LogP contribution in [0.15, 0.2) is 48.5 Å². The van der Waals surface area contributed by atoms with Crippen molar-refractivity contribution in [3.8, 4) is 5.75 Å². The molecule has 0 aromatic heterocycles. The van der Waals surface area contributed by atoms with Crippen molar-refractivity contribution in [3.05, 3.63) is 65.2 Å². The Balaban J connectivity index is 1.81. The first-order chi connectivity index (χ1) is 16.5. The maximum absolute atomic E-state index is 13.0. The van der Waals surface area contributed by atoms with Crippen molar-refractivity contribution in [1.29, 1.82) is 0 Å². The summed E-state index contributed by atoms with van der Waals surface area (Å²) in [4.78, 5) is 39.1. The molecular weight excluding hydrogens is 474 g/mol. The maximum Gasteiger partial charge on any atom is 0.264 e. The first kappa shape index (κ1) is 26.5. The van der Waals surface area contributed by atoms with Crippen LogP contribution in [-0.4, -0.2) is 61.0 Å². The van der Waals surface area contributed by atoms with Gasteiger partial charge in [0.2, 0.25) is 0 Å². The lowest BCUT2D eigenvalue weighted by molar-refractivity contribution is -0.128. The van der Waals surface area contributed by atoms with Crippen molar-refractivity contribution < 1.29 is 36.8 Å². The number of rotatable bonds is 12. The Labute approximate surface area is 204 Å². The van der Waals surface area contributed by atoms with E-state index in [2.05, 4.69) is 0 Å². The molecule has 1 aliphatic heterocycles. The summed E-state index contributed by atoms with van der Waals surface area (Å²) in [6.07, 6.45) is -0.350. The van der Waals surface area contributed by atoms with Crippen LogP contribution in [0.1, 0.15) is 53.0 Å². The molecule has 188 valence electrons. The minimum Gasteiger partial charge on any atom is -0.497 e. The quantitative estimate of drug-likeness (QED) is 0.266. The third kappa shape index (κ3) is 6.33. The third-order valence-electron chi connectivity index (χ3n) is 6.14. The van der Waals surface area contributed by atoms with E-state index < -0.39 is 45.2 Å². The number of hydrogen-bond donors (Lipinski definition) is 1. The van der Waals surface area contributed by atoms with Gasteiger partial charge in [0.05, 0.1) is 30.6 Å². The zero-order valence-corrected chi connectivity index (χ0v) is 20.7. The molecule has 1 heterocycles. The van der Waals surface area contributed by atoms with E-state index >= 15 is 0 Å². The van der Waals surface area contributed by atoms with Gasteiger partial charge in [-0.2, -0.15) is 8.42 Å². The predicted molar refractivity (Wildman–Crippen MR) is 128 cm³/mol. The van der Waals surface area contributed by atoms with Gasteiger partial charge < -0.3 is 14.3 Å². The van der Waals surface area contributed by atoms with Crippen LogP contribution in [0.2, 0.25) is 0 Å². The van der Waals surface area contributed by atoms with Crippen LogP contribution in [0, 0.1) is 5.41 Å². The molecule has 2 unspecified atom stereocenters. The van der Waals surface area contributed by atoms with Crippen LogP contribution >= 0.6 is 0 Å². The number of methoxy groups -OCH3 is 1. The average molecular weight is 504 g/mol. The summed E-state index contributed by atoms with van der Waals surface area (Å²) in [7, 11) is -2.79. The van der Waals surface area contributed by atoms with Gasteiger partial charge in [0.1, 0.15) is 18.1 Å². The number of carbonyl (C=O) groups is 3. The van der Waals surface area contributed by atoms with E-state index in [-0.39, 0.29) is 30.6 Å². The van der Waals surface area contributed by atoms with Crippen LogP contribution in [0.3, 0.4) is 0 Å². The van der Waals surface area contributed by atoms with Crippen molar-refractivity contribution in [3.63, 3.8) is 0 Å². The van der Waals surface area contributed by atoms with E-state index in [1.807, 2.05) is 0 Å². The van der Waals surface area contributed by atoms with Gasteiger partial charge in [-0.25, -0.2) is 0 Å². The Hall–Kier alpha value is -3.08. The van der Waals surface area contributed by atoms with Gasteiger partial charge >= 0.3 is 0 Å². The number of nitrogens with zero attached hydrogens (tertiary/aromatic N) is 1. The smallest absolute Gasteiger partial charge is 0.264 e. The number of ether oxygens (including phenoxy) is 2. The van der Waals surface area contributed by atoms with E-state index in [1.165, 1.54) is 12.1 Å². The summed E-state index contributed by atoms with van der Waals surface area (Å²) < 4.78 is 43.3. The summed E-state index contributed by atoms with van der Waals surface area (Å²) in [5.41, 5.74) is 0.398. The molecule has 0 fully saturated rings. The normalized spacial score (nSPS) is 15.6. The number of fused-ring (bicyclic) bond motifs is 1. The van der Waals surface area contributed by atoms with Gasteiger partial charge in [0.25, 0.3) is 21.9 Å². The lowest BCUT2D eigenvalue weighted by Gasteiger charge is -2.37. The Morgan fingerprint density at radius 3 is 2.09 bits per heavy atom. The number of hydrogen-bond acceptors (Lipinski definition) is 7. The fourth-order valence-corrected chi connectivity index (χ4v) is 4.80. The summed E-state index contributed by atoms with van der Waals surface area (Å²) >= 11 is 0. The third-order valence-corrected chi connectivity index (χ3v) is 6.90. The van der Waals surface area contributed by atoms with E-state index in [4.69, 9.17) is 9.47 Å². The largest absolute Gasteiger partial charge is 0.497 e. The van der Waals surface area contributed by atoms with Gasteiger partial charge in [-0.3, -0.25) is 19.0 Å².